The zero-order valence-corrected chi connectivity index (χ0v) is 28.3. The summed E-state index contributed by atoms with van der Waals surface area (Å²) in [7, 11) is 0. The number of aliphatic hydroxyl groups excluding tert-OH is 1. The number of nitrogens with one attached hydrogen (secondary N) is 2. The van der Waals surface area contributed by atoms with Crippen LogP contribution < -0.4 is 10.6 Å². The Kier molecular flexibility index (Phi) is 13.3. The normalized spacial score (nSPS) is 27.5. The first-order chi connectivity index (χ1) is 23.4. The number of carbonyl (C=O) groups excluding carboxylic acids is 4. The number of hydrogen-bond donors (Lipinski definition) is 3. The average Bonchev–Trinajstić information content (AvgIpc) is 3.74. The predicted octanol–water partition coefficient (Wildman–Crippen LogP) is 4.84. The topological polar surface area (TPSA) is 160 Å². The summed E-state index contributed by atoms with van der Waals surface area (Å²) < 4.78 is 31.7. The van der Waals surface area contributed by atoms with Gasteiger partial charge in [-0.25, -0.2) is 19.0 Å². The van der Waals surface area contributed by atoms with Gasteiger partial charge in [-0.15, -0.1) is 0 Å². The van der Waals surface area contributed by atoms with Crippen LogP contribution in [0.1, 0.15) is 62.0 Å². The largest absolute Gasteiger partial charge is 0.460 e. The number of nitrogens with zero attached hydrogens (tertiary/aromatic N) is 2. The number of ether oxygens (including phenoxy) is 2. The number of halogens is 1. The van der Waals surface area contributed by atoms with E-state index in [2.05, 4.69) is 15.6 Å². The smallest absolute Gasteiger partial charge is 0.411 e. The molecule has 0 aliphatic carbocycles. The number of aliphatic hydroxyl groups is 1. The van der Waals surface area contributed by atoms with Gasteiger partial charge in [-0.1, -0.05) is 61.4 Å². The number of carbonyl (C=O) groups is 4. The van der Waals surface area contributed by atoms with Crippen molar-refractivity contribution >= 4 is 29.6 Å². The summed E-state index contributed by atoms with van der Waals surface area (Å²) in [5.41, 5.74) is 2.21. The van der Waals surface area contributed by atoms with Gasteiger partial charge in [0.2, 0.25) is 5.91 Å². The second kappa shape index (κ2) is 17.6. The summed E-state index contributed by atoms with van der Waals surface area (Å²) in [6.07, 6.45) is 5.34. The number of fused-ring (bicyclic) bond motifs is 3. The molecule has 2 aliphatic rings. The molecule has 13 heteroatoms. The van der Waals surface area contributed by atoms with E-state index >= 15 is 0 Å². The lowest BCUT2D eigenvalue weighted by Crippen LogP contribution is -2.44. The van der Waals surface area contributed by atoms with Gasteiger partial charge in [0.1, 0.15) is 24.6 Å². The number of aryl methyl sites for hydroxylation is 1. The summed E-state index contributed by atoms with van der Waals surface area (Å²) in [6.45, 7) is 7.59. The Morgan fingerprint density at radius 2 is 1.96 bits per heavy atom. The predicted molar refractivity (Wildman–Crippen MR) is 179 cm³/mol. The second-order valence-corrected chi connectivity index (χ2v) is 12.6. The summed E-state index contributed by atoms with van der Waals surface area (Å²) >= 11 is 0. The number of rotatable bonds is 4. The van der Waals surface area contributed by atoms with Crippen LogP contribution in [-0.2, 0) is 25.5 Å². The van der Waals surface area contributed by atoms with E-state index in [-0.39, 0.29) is 50.0 Å². The molecule has 264 valence electrons. The van der Waals surface area contributed by atoms with Crippen molar-refractivity contribution < 1.29 is 42.6 Å². The molecule has 3 N–H and O–H groups in total. The van der Waals surface area contributed by atoms with Crippen molar-refractivity contribution in [1.29, 1.82) is 0 Å². The molecule has 0 spiro atoms. The van der Waals surface area contributed by atoms with Gasteiger partial charge >= 0.3 is 12.1 Å². The first-order valence-corrected chi connectivity index (χ1v) is 16.5. The third-order valence-electron chi connectivity index (χ3n) is 8.34. The highest BCUT2D eigenvalue weighted by molar-refractivity contribution is 5.95. The highest BCUT2D eigenvalue weighted by atomic mass is 19.1. The van der Waals surface area contributed by atoms with Gasteiger partial charge in [0, 0.05) is 37.0 Å². The molecule has 49 heavy (non-hydrogen) atoms. The molecule has 6 unspecified atom stereocenters. The lowest BCUT2D eigenvalue weighted by Gasteiger charge is -2.30. The molecular formula is C36H45FN4O8. The molecule has 1 aromatic carbocycles. The molecule has 2 aromatic rings. The molecular weight excluding hydrogens is 635 g/mol. The molecule has 0 saturated carbocycles. The molecule has 4 rings (SSSR count). The van der Waals surface area contributed by atoms with Crippen LogP contribution in [0.2, 0.25) is 0 Å². The summed E-state index contributed by atoms with van der Waals surface area (Å²) in [5, 5.41) is 15.7. The Balaban J connectivity index is 1.53. The Morgan fingerprint density at radius 1 is 1.20 bits per heavy atom. The number of hydrogen-bond acceptors (Lipinski definition) is 9. The van der Waals surface area contributed by atoms with Gasteiger partial charge in [0.05, 0.1) is 19.1 Å². The zero-order valence-electron chi connectivity index (χ0n) is 28.3. The van der Waals surface area contributed by atoms with Gasteiger partial charge in [-0.2, -0.15) is 0 Å². The summed E-state index contributed by atoms with van der Waals surface area (Å²) in [6, 6.07) is 6.30. The molecule has 2 aliphatic heterocycles. The molecule has 6 atom stereocenters. The van der Waals surface area contributed by atoms with Crippen molar-refractivity contribution in [3.05, 3.63) is 83.6 Å². The maximum Gasteiger partial charge on any atom is 0.411 e. The quantitative estimate of drug-likeness (QED) is 0.384. The van der Waals surface area contributed by atoms with Crippen molar-refractivity contribution in [2.45, 2.75) is 77.8 Å². The third-order valence-corrected chi connectivity index (χ3v) is 8.34. The standard InChI is InChI=1S/C36H45FN4O8/c1-22-9-12-27(13-10-22)39-36(46)48-20-25(4)33-24(3)11-14-31(43)38-15-5-7-23(2)17-28(42)18-26(37)19-32-40-29(21-47-32)34(44)41-16-6-8-30(41)35(45)49-33/h5,7,9-14,17,21,24-26,28,30,33,42H,6,8,15-16,18-20H2,1-4H3,(H,38,43)(H,39,46)/b7-5+,14-11+,23-17+. The number of amides is 3. The van der Waals surface area contributed by atoms with Crippen LogP contribution in [0.4, 0.5) is 14.9 Å². The Labute approximate surface area is 285 Å². The van der Waals surface area contributed by atoms with Crippen molar-refractivity contribution in [3.8, 4) is 0 Å². The fourth-order valence-electron chi connectivity index (χ4n) is 5.73. The number of esters is 1. The van der Waals surface area contributed by atoms with Crippen LogP contribution in [0.25, 0.3) is 0 Å². The van der Waals surface area contributed by atoms with E-state index in [1.807, 2.05) is 19.1 Å². The molecule has 3 amide bonds. The second-order valence-electron chi connectivity index (χ2n) is 12.6. The summed E-state index contributed by atoms with van der Waals surface area (Å²) in [4.78, 5) is 57.8. The van der Waals surface area contributed by atoms with Gasteiger partial charge in [0.25, 0.3) is 5.91 Å². The van der Waals surface area contributed by atoms with Crippen LogP contribution in [0.5, 0.6) is 0 Å². The Morgan fingerprint density at radius 3 is 2.71 bits per heavy atom. The highest BCUT2D eigenvalue weighted by Gasteiger charge is 2.39. The number of aromatic nitrogens is 1. The first kappa shape index (κ1) is 37.0. The van der Waals surface area contributed by atoms with E-state index in [9.17, 15) is 28.7 Å². The Bertz CT molecular complexity index is 1550. The van der Waals surface area contributed by atoms with Crippen LogP contribution in [0.15, 0.2) is 70.9 Å². The van der Waals surface area contributed by atoms with E-state index < -0.39 is 54.2 Å². The van der Waals surface area contributed by atoms with E-state index in [4.69, 9.17) is 13.9 Å². The summed E-state index contributed by atoms with van der Waals surface area (Å²) in [5.74, 6) is -2.59. The fraction of sp³-hybridized carbons (Fsp3) is 0.472. The van der Waals surface area contributed by atoms with Crippen molar-refractivity contribution in [2.24, 2.45) is 11.8 Å². The van der Waals surface area contributed by atoms with E-state index in [1.54, 1.807) is 51.1 Å². The van der Waals surface area contributed by atoms with Gasteiger partial charge in [-0.05, 0) is 44.9 Å². The maximum atomic E-state index is 14.8. The van der Waals surface area contributed by atoms with E-state index in [0.717, 1.165) is 11.8 Å². The minimum absolute atomic E-state index is 0.00276. The SMILES string of the molecule is CC1=C\C(O)CC(F)Cc2nc(co2)C(=O)N2CCCC2C(=O)OC(C(C)COC(=O)Nc2ccc(C)cc2)C(C)/C=C/C(=O)NC\C=C\1. The Hall–Kier alpha value is -4.78. The minimum atomic E-state index is -1.49. The number of benzene rings is 1. The number of allylic oxidation sites excluding steroid dienone is 2. The van der Waals surface area contributed by atoms with Gasteiger partial charge < -0.3 is 29.2 Å². The van der Waals surface area contributed by atoms with Crippen molar-refractivity contribution in [2.75, 3.05) is 25.0 Å². The number of cyclic esters (lactones) is 1. The molecule has 0 radical (unpaired) electrons. The maximum absolute atomic E-state index is 14.8. The van der Waals surface area contributed by atoms with Crippen LogP contribution >= 0.6 is 0 Å². The molecule has 2 bridgehead atoms. The van der Waals surface area contributed by atoms with Crippen LogP contribution in [0, 0.1) is 18.8 Å². The van der Waals surface area contributed by atoms with Crippen molar-refractivity contribution in [1.82, 2.24) is 15.2 Å². The fourth-order valence-corrected chi connectivity index (χ4v) is 5.73. The van der Waals surface area contributed by atoms with Crippen LogP contribution in [0.3, 0.4) is 0 Å². The number of alkyl halides is 1. The number of anilines is 1. The minimum Gasteiger partial charge on any atom is -0.460 e. The lowest BCUT2D eigenvalue weighted by atomic mass is 9.93. The van der Waals surface area contributed by atoms with Crippen molar-refractivity contribution in [3.63, 3.8) is 0 Å². The first-order valence-electron chi connectivity index (χ1n) is 16.5. The zero-order chi connectivity index (χ0) is 35.5. The molecule has 12 nitrogen and oxygen atoms in total. The molecule has 1 fully saturated rings. The van der Waals surface area contributed by atoms with Crippen LogP contribution in [-0.4, -0.2) is 83.0 Å². The molecule has 1 saturated heterocycles. The molecule has 1 aromatic heterocycles. The van der Waals surface area contributed by atoms with E-state index in [1.165, 1.54) is 17.1 Å². The number of oxazole rings is 1. The highest BCUT2D eigenvalue weighted by Crippen LogP contribution is 2.26. The van der Waals surface area contributed by atoms with Gasteiger partial charge in [-0.3, -0.25) is 14.9 Å². The average molecular weight is 681 g/mol. The monoisotopic (exact) mass is 680 g/mol. The van der Waals surface area contributed by atoms with Gasteiger partial charge in [0.15, 0.2) is 11.6 Å². The lowest BCUT2D eigenvalue weighted by molar-refractivity contribution is -0.159. The molecule has 3 heterocycles. The van der Waals surface area contributed by atoms with E-state index in [0.29, 0.717) is 24.1 Å². The third kappa shape index (κ3) is 11.1.